The number of primary amides is 1. The summed E-state index contributed by atoms with van der Waals surface area (Å²) < 4.78 is 0. The lowest BCUT2D eigenvalue weighted by Crippen LogP contribution is -2.49. The third-order valence-electron chi connectivity index (χ3n) is 3.58. The predicted molar refractivity (Wildman–Crippen MR) is 76.8 cm³/mol. The molecule has 6 nitrogen and oxygen atoms in total. The van der Waals surface area contributed by atoms with E-state index < -0.39 is 5.91 Å². The molecule has 1 saturated carbocycles. The molecule has 2 aliphatic rings. The van der Waals surface area contributed by atoms with E-state index in [1.807, 2.05) is 0 Å². The topological polar surface area (TPSA) is 96.6 Å². The smallest absolute Gasteiger partial charge is 0.284 e. The molecule has 0 radical (unpaired) electrons. The van der Waals surface area contributed by atoms with Gasteiger partial charge in [-0.1, -0.05) is 6.08 Å². The molecule has 2 unspecified atom stereocenters. The Bertz CT molecular complexity index is 482. The zero-order valence-corrected chi connectivity index (χ0v) is 11.4. The van der Waals surface area contributed by atoms with Crippen LogP contribution in [0.5, 0.6) is 0 Å². The van der Waals surface area contributed by atoms with Gasteiger partial charge in [0.25, 0.3) is 5.91 Å². The number of hydrogen-bond acceptors (Lipinski definition) is 4. The lowest BCUT2D eigenvalue weighted by atomic mass is 9.86. The molecule has 2 atom stereocenters. The Hall–Kier alpha value is -2.11. The lowest BCUT2D eigenvalue weighted by Gasteiger charge is -2.34. The molecular weight excluding hydrogens is 256 g/mol. The third-order valence-corrected chi connectivity index (χ3v) is 3.58. The second-order valence-corrected chi connectivity index (χ2v) is 5.12. The van der Waals surface area contributed by atoms with Gasteiger partial charge in [-0.15, -0.1) is 6.58 Å². The van der Waals surface area contributed by atoms with Gasteiger partial charge in [0, 0.05) is 18.7 Å². The number of hydrogen-bond donors (Lipinski definition) is 3. The van der Waals surface area contributed by atoms with Crippen molar-refractivity contribution in [3.8, 4) is 0 Å². The fourth-order valence-corrected chi connectivity index (χ4v) is 2.53. The van der Waals surface area contributed by atoms with Crippen LogP contribution in [0.15, 0.2) is 29.4 Å². The van der Waals surface area contributed by atoms with E-state index >= 15 is 0 Å². The van der Waals surface area contributed by atoms with E-state index in [2.05, 4.69) is 22.2 Å². The molecule has 4 N–H and O–H groups in total. The highest BCUT2D eigenvalue weighted by Gasteiger charge is 2.29. The Kier molecular flexibility index (Phi) is 4.55. The molecule has 0 spiro atoms. The summed E-state index contributed by atoms with van der Waals surface area (Å²) in [6.45, 7) is 3.60. The highest BCUT2D eigenvalue weighted by atomic mass is 16.2. The van der Waals surface area contributed by atoms with Gasteiger partial charge in [-0.25, -0.2) is 4.99 Å². The molecule has 2 rings (SSSR count). The fourth-order valence-electron chi connectivity index (χ4n) is 2.53. The quantitative estimate of drug-likeness (QED) is 0.632. The van der Waals surface area contributed by atoms with Crippen molar-refractivity contribution in [3.05, 3.63) is 24.4 Å². The number of amidine groups is 1. The van der Waals surface area contributed by atoms with E-state index in [0.29, 0.717) is 12.8 Å². The Labute approximate surface area is 118 Å². The number of carbonyl (C=O) groups is 2. The van der Waals surface area contributed by atoms with Gasteiger partial charge >= 0.3 is 0 Å². The van der Waals surface area contributed by atoms with Gasteiger partial charge in [0.05, 0.1) is 6.04 Å². The van der Waals surface area contributed by atoms with Crippen molar-refractivity contribution >= 4 is 17.6 Å². The second-order valence-electron chi connectivity index (χ2n) is 5.12. The van der Waals surface area contributed by atoms with E-state index in [1.54, 1.807) is 12.3 Å². The number of aliphatic imine (C=N–C) groups is 1. The standard InChI is InChI=1S/C14H20N4O2/c1-2-3-4-12(19)17-10-5-6-11-9(7-10)8-16-14(18-11)13(15)20/h2,8,10-11H,1,3-7H2,(H2,15,20)(H,16,18)(H,17,19). The SMILES string of the molecule is C=CCCC(=O)NC1CCC2NC(C(N)=O)=NC=C2C1. The summed E-state index contributed by atoms with van der Waals surface area (Å²) in [5, 5.41) is 6.07. The molecule has 6 heteroatoms. The van der Waals surface area contributed by atoms with E-state index in [4.69, 9.17) is 5.73 Å². The van der Waals surface area contributed by atoms with E-state index in [0.717, 1.165) is 24.8 Å². The van der Waals surface area contributed by atoms with Crippen LogP contribution in [0.4, 0.5) is 0 Å². The Morgan fingerprint density at radius 3 is 3.05 bits per heavy atom. The zero-order valence-electron chi connectivity index (χ0n) is 11.4. The zero-order chi connectivity index (χ0) is 14.5. The average Bonchev–Trinajstić information content (AvgIpc) is 2.44. The summed E-state index contributed by atoms with van der Waals surface area (Å²) in [6, 6.07) is 0.248. The van der Waals surface area contributed by atoms with Crippen molar-refractivity contribution in [3.63, 3.8) is 0 Å². The minimum absolute atomic E-state index is 0.0547. The monoisotopic (exact) mass is 276 g/mol. The van der Waals surface area contributed by atoms with Crippen LogP contribution in [0.1, 0.15) is 32.1 Å². The van der Waals surface area contributed by atoms with Crippen molar-refractivity contribution in [2.45, 2.75) is 44.2 Å². The average molecular weight is 276 g/mol. The molecule has 1 aliphatic carbocycles. The largest absolute Gasteiger partial charge is 0.363 e. The van der Waals surface area contributed by atoms with Crippen molar-refractivity contribution < 1.29 is 9.59 Å². The van der Waals surface area contributed by atoms with Gasteiger partial charge in [0.15, 0.2) is 5.84 Å². The number of rotatable bonds is 5. The number of fused-ring (bicyclic) bond motifs is 1. The van der Waals surface area contributed by atoms with Crippen LogP contribution in [0.2, 0.25) is 0 Å². The molecule has 0 bridgehead atoms. The van der Waals surface area contributed by atoms with Crippen LogP contribution >= 0.6 is 0 Å². The maximum Gasteiger partial charge on any atom is 0.284 e. The molecule has 0 aromatic carbocycles. The third kappa shape index (κ3) is 3.46. The molecule has 0 aromatic rings. The first kappa shape index (κ1) is 14.3. The highest BCUT2D eigenvalue weighted by molar-refractivity contribution is 6.37. The maximum absolute atomic E-state index is 11.7. The highest BCUT2D eigenvalue weighted by Crippen LogP contribution is 2.26. The molecule has 108 valence electrons. The van der Waals surface area contributed by atoms with Gasteiger partial charge in [0.2, 0.25) is 5.91 Å². The Morgan fingerprint density at radius 2 is 2.35 bits per heavy atom. The normalized spacial score (nSPS) is 24.6. The van der Waals surface area contributed by atoms with E-state index in [1.165, 1.54) is 0 Å². The van der Waals surface area contributed by atoms with Gasteiger partial charge in [-0.05, 0) is 31.3 Å². The number of nitrogens with zero attached hydrogens (tertiary/aromatic N) is 1. The van der Waals surface area contributed by atoms with Gasteiger partial charge in [-0.2, -0.15) is 0 Å². The van der Waals surface area contributed by atoms with Crippen LogP contribution < -0.4 is 16.4 Å². The first-order valence-corrected chi connectivity index (χ1v) is 6.83. The molecule has 1 fully saturated rings. The van der Waals surface area contributed by atoms with Crippen LogP contribution in [-0.4, -0.2) is 29.7 Å². The molecule has 20 heavy (non-hydrogen) atoms. The number of allylic oxidation sites excluding steroid dienone is 1. The lowest BCUT2D eigenvalue weighted by molar-refractivity contribution is -0.121. The Balaban J connectivity index is 1.92. The van der Waals surface area contributed by atoms with E-state index in [9.17, 15) is 9.59 Å². The first-order valence-electron chi connectivity index (χ1n) is 6.83. The number of carbonyl (C=O) groups excluding carboxylic acids is 2. The van der Waals surface area contributed by atoms with Gasteiger partial charge in [-0.3, -0.25) is 9.59 Å². The first-order chi connectivity index (χ1) is 9.60. The van der Waals surface area contributed by atoms with Crippen molar-refractivity contribution in [1.29, 1.82) is 0 Å². The molecule has 1 heterocycles. The summed E-state index contributed by atoms with van der Waals surface area (Å²) in [5.74, 6) is -0.272. The minimum Gasteiger partial charge on any atom is -0.363 e. The minimum atomic E-state index is -0.542. The summed E-state index contributed by atoms with van der Waals surface area (Å²) >= 11 is 0. The van der Waals surface area contributed by atoms with Gasteiger partial charge < -0.3 is 16.4 Å². The summed E-state index contributed by atoms with van der Waals surface area (Å²) in [5.41, 5.74) is 6.31. The Morgan fingerprint density at radius 1 is 1.55 bits per heavy atom. The summed E-state index contributed by atoms with van der Waals surface area (Å²) in [4.78, 5) is 26.8. The van der Waals surface area contributed by atoms with Crippen molar-refractivity contribution in [2.75, 3.05) is 0 Å². The number of nitrogens with one attached hydrogen (secondary N) is 2. The number of nitrogens with two attached hydrogens (primary N) is 1. The molecule has 0 saturated heterocycles. The maximum atomic E-state index is 11.7. The van der Waals surface area contributed by atoms with E-state index in [-0.39, 0.29) is 23.8 Å². The van der Waals surface area contributed by atoms with Crippen LogP contribution in [0.25, 0.3) is 0 Å². The summed E-state index contributed by atoms with van der Waals surface area (Å²) in [7, 11) is 0. The molecular formula is C14H20N4O2. The number of amides is 2. The van der Waals surface area contributed by atoms with Crippen LogP contribution in [0.3, 0.4) is 0 Å². The molecule has 0 aromatic heterocycles. The van der Waals surface area contributed by atoms with Crippen LogP contribution in [-0.2, 0) is 9.59 Å². The van der Waals surface area contributed by atoms with Gasteiger partial charge in [0.1, 0.15) is 0 Å². The van der Waals surface area contributed by atoms with Crippen molar-refractivity contribution in [1.82, 2.24) is 10.6 Å². The fraction of sp³-hybridized carbons (Fsp3) is 0.500. The predicted octanol–water partition coefficient (Wildman–Crippen LogP) is 0.361. The summed E-state index contributed by atoms with van der Waals surface area (Å²) in [6.07, 6.45) is 7.09. The van der Waals surface area contributed by atoms with Crippen molar-refractivity contribution in [2.24, 2.45) is 10.7 Å². The second kappa shape index (κ2) is 6.36. The molecule has 1 aliphatic heterocycles. The van der Waals surface area contributed by atoms with Crippen LogP contribution in [0, 0.1) is 0 Å². The molecule has 2 amide bonds.